The number of oxazole rings is 1. The van der Waals surface area contributed by atoms with Crippen molar-refractivity contribution in [1.29, 1.82) is 0 Å². The first kappa shape index (κ1) is 42.8. The SMILES string of the molecule is CC(=O)Oc1ccc(C(=O)CO/N=C(\C(=O)N[C@@H]2C(=O)N3C(C(=O)OC(c4ccccc4)c4ccccc4)=C(CSc4nnnn4C)CS[C@@H]23)c2coc(N)n2)cc1OC(C)=O. The van der Waals surface area contributed by atoms with E-state index in [1.54, 1.807) is 7.05 Å². The van der Waals surface area contributed by atoms with Gasteiger partial charge in [0.2, 0.25) is 10.9 Å². The van der Waals surface area contributed by atoms with Gasteiger partial charge in [-0.15, -0.1) is 16.9 Å². The summed E-state index contributed by atoms with van der Waals surface area (Å²) < 4.78 is 22.9. The van der Waals surface area contributed by atoms with Crippen molar-refractivity contribution in [3.05, 3.63) is 119 Å². The summed E-state index contributed by atoms with van der Waals surface area (Å²) in [4.78, 5) is 89.2. The van der Waals surface area contributed by atoms with Gasteiger partial charge in [0.1, 0.15) is 29.1 Å². The Hall–Kier alpha value is -7.33. The van der Waals surface area contributed by atoms with Crippen LogP contribution in [-0.2, 0) is 40.6 Å². The summed E-state index contributed by atoms with van der Waals surface area (Å²) in [7, 11) is 1.68. The lowest BCUT2D eigenvalue weighted by atomic mass is 10.0. The number of Topliss-reactive ketones (excluding diaryl/α,β-unsaturated/α-hetero) is 1. The highest BCUT2D eigenvalue weighted by Gasteiger charge is 2.55. The van der Waals surface area contributed by atoms with E-state index in [-0.39, 0.29) is 46.0 Å². The number of nitrogens with one attached hydrogen (secondary N) is 1. The first-order valence-electron chi connectivity index (χ1n) is 18.5. The molecule has 2 amide bonds. The van der Waals surface area contributed by atoms with Gasteiger partial charge in [-0.2, -0.15) is 4.98 Å². The molecule has 3 N–H and O–H groups in total. The Bertz CT molecular complexity index is 2560. The number of hydrogen-bond acceptors (Lipinski definition) is 19. The number of carbonyl (C=O) groups excluding carboxylic acids is 6. The van der Waals surface area contributed by atoms with E-state index in [1.165, 1.54) is 51.3 Å². The van der Waals surface area contributed by atoms with Crippen molar-refractivity contribution in [3.8, 4) is 11.5 Å². The number of benzene rings is 3. The zero-order valence-electron chi connectivity index (χ0n) is 33.0. The highest BCUT2D eigenvalue weighted by atomic mass is 32.2. The summed E-state index contributed by atoms with van der Waals surface area (Å²) in [5.41, 5.74) is 7.05. The maximum Gasteiger partial charge on any atom is 0.356 e. The second-order valence-corrected chi connectivity index (χ2v) is 15.4. The maximum atomic E-state index is 14.4. The molecule has 2 aliphatic heterocycles. The number of rotatable bonds is 16. The van der Waals surface area contributed by atoms with Crippen molar-refractivity contribution in [2.75, 3.05) is 23.8 Å². The number of ether oxygens (including phenoxy) is 3. The first-order valence-corrected chi connectivity index (χ1v) is 20.5. The number of thioether (sulfide) groups is 2. The topological polar surface area (TPSA) is 263 Å². The van der Waals surface area contributed by atoms with Gasteiger partial charge >= 0.3 is 17.9 Å². The summed E-state index contributed by atoms with van der Waals surface area (Å²) in [5, 5.41) is 17.8. The molecule has 22 heteroatoms. The molecule has 0 unspecified atom stereocenters. The fourth-order valence-corrected chi connectivity index (χ4v) is 8.56. The van der Waals surface area contributed by atoms with Crippen LogP contribution in [0, 0.1) is 0 Å². The number of amides is 2. The van der Waals surface area contributed by atoms with Gasteiger partial charge < -0.3 is 34.5 Å². The van der Waals surface area contributed by atoms with Gasteiger partial charge in [0.15, 0.2) is 29.9 Å². The number of fused-ring (bicyclic) bond motifs is 1. The summed E-state index contributed by atoms with van der Waals surface area (Å²) in [5.74, 6) is -4.15. The second kappa shape index (κ2) is 18.9. The summed E-state index contributed by atoms with van der Waals surface area (Å²) in [6.07, 6.45) is 0.219. The molecule has 0 saturated carbocycles. The van der Waals surface area contributed by atoms with Gasteiger partial charge in [-0.3, -0.25) is 28.9 Å². The monoisotopic (exact) mass is 881 g/mol. The zero-order valence-corrected chi connectivity index (χ0v) is 34.6. The van der Waals surface area contributed by atoms with Gasteiger partial charge in [-0.25, -0.2) is 9.48 Å². The Labute approximate surface area is 360 Å². The van der Waals surface area contributed by atoms with Crippen LogP contribution in [0.3, 0.4) is 0 Å². The minimum atomic E-state index is -1.15. The molecule has 2 atom stereocenters. The van der Waals surface area contributed by atoms with Gasteiger partial charge in [0, 0.05) is 38.0 Å². The van der Waals surface area contributed by atoms with Crippen LogP contribution in [0.1, 0.15) is 47.1 Å². The number of nitrogens with zero attached hydrogens (tertiary/aromatic N) is 7. The van der Waals surface area contributed by atoms with Crippen LogP contribution in [0.15, 0.2) is 111 Å². The number of anilines is 1. The van der Waals surface area contributed by atoms with Crippen molar-refractivity contribution < 1.29 is 52.2 Å². The molecule has 2 aromatic heterocycles. The van der Waals surface area contributed by atoms with E-state index in [2.05, 4.69) is 31.0 Å². The number of β-lactam (4-membered cyclic amide) rings is 1. The molecule has 0 radical (unpaired) electrons. The standard InChI is InChI=1S/C40H35N9O11S2/c1-21(50)58-29-15-14-25(16-30(29)59-22(2)51)28(52)18-57-45-31(27-17-56-39(41)42-27)35(53)43-32-36(54)49-33(26(19-61-37(32)49)20-62-40-44-46-47-48(40)3)38(55)60-34(23-10-6-4-7-11-23)24-12-8-5-9-13-24/h4-17,32,34,37H,18-20H2,1-3H3,(H2,41,42)(H,43,53)/b45-31-/t32-,37+/m1/s1. The lowest BCUT2D eigenvalue weighted by Crippen LogP contribution is -2.71. The van der Waals surface area contributed by atoms with Gasteiger partial charge in [0.25, 0.3) is 17.8 Å². The van der Waals surface area contributed by atoms with Crippen LogP contribution in [0.5, 0.6) is 11.5 Å². The molecule has 0 spiro atoms. The van der Waals surface area contributed by atoms with E-state index >= 15 is 0 Å². The van der Waals surface area contributed by atoms with Crippen molar-refractivity contribution in [1.82, 2.24) is 35.4 Å². The van der Waals surface area contributed by atoms with Gasteiger partial charge in [-0.05, 0) is 45.3 Å². The normalized spacial score (nSPS) is 16.0. The zero-order chi connectivity index (χ0) is 43.9. The molecule has 318 valence electrons. The number of aryl methyl sites for hydroxylation is 1. The molecule has 20 nitrogen and oxygen atoms in total. The van der Waals surface area contributed by atoms with E-state index in [4.69, 9.17) is 29.2 Å². The molecule has 62 heavy (non-hydrogen) atoms. The number of tetrazole rings is 1. The van der Waals surface area contributed by atoms with Gasteiger partial charge in [-0.1, -0.05) is 77.6 Å². The third-order valence-corrected chi connectivity index (χ3v) is 11.5. The number of ketones is 1. The first-order chi connectivity index (χ1) is 29.9. The molecule has 1 saturated heterocycles. The quantitative estimate of drug-likeness (QED) is 0.0274. The highest BCUT2D eigenvalue weighted by molar-refractivity contribution is 8.01. The maximum absolute atomic E-state index is 14.4. The van der Waals surface area contributed by atoms with Crippen LogP contribution < -0.4 is 20.5 Å². The van der Waals surface area contributed by atoms with E-state index < -0.39 is 65.3 Å². The smallest absolute Gasteiger partial charge is 0.356 e. The molecular formula is C40H35N9O11S2. The number of nitrogen functional groups attached to an aromatic ring is 1. The molecule has 0 aliphatic carbocycles. The number of hydrogen-bond donors (Lipinski definition) is 2. The average molecular weight is 882 g/mol. The Morgan fingerprint density at radius 1 is 0.984 bits per heavy atom. The predicted molar refractivity (Wildman–Crippen MR) is 219 cm³/mol. The molecule has 4 heterocycles. The molecular weight excluding hydrogens is 847 g/mol. The third kappa shape index (κ3) is 9.66. The molecule has 7 rings (SSSR count). The molecule has 0 bridgehead atoms. The predicted octanol–water partition coefficient (Wildman–Crippen LogP) is 3.01. The van der Waals surface area contributed by atoms with E-state index in [0.29, 0.717) is 21.9 Å². The number of esters is 3. The Morgan fingerprint density at radius 3 is 2.27 bits per heavy atom. The van der Waals surface area contributed by atoms with Crippen molar-refractivity contribution >= 4 is 70.8 Å². The van der Waals surface area contributed by atoms with Crippen LogP contribution >= 0.6 is 23.5 Å². The lowest BCUT2D eigenvalue weighted by Gasteiger charge is -2.49. The minimum Gasteiger partial charge on any atom is -0.448 e. The van der Waals surface area contributed by atoms with Crippen LogP contribution in [0.4, 0.5) is 6.01 Å². The Balaban J connectivity index is 1.11. The molecule has 3 aromatic carbocycles. The summed E-state index contributed by atoms with van der Waals surface area (Å²) in [6.45, 7) is 1.56. The van der Waals surface area contributed by atoms with Crippen LogP contribution in [0.2, 0.25) is 0 Å². The van der Waals surface area contributed by atoms with E-state index in [9.17, 15) is 28.8 Å². The van der Waals surface area contributed by atoms with E-state index in [0.717, 1.165) is 20.1 Å². The van der Waals surface area contributed by atoms with Crippen molar-refractivity contribution in [2.45, 2.75) is 36.5 Å². The number of aromatic nitrogens is 5. The van der Waals surface area contributed by atoms with Crippen molar-refractivity contribution in [3.63, 3.8) is 0 Å². The lowest BCUT2D eigenvalue weighted by molar-refractivity contribution is -0.154. The molecule has 2 aliphatic rings. The largest absolute Gasteiger partial charge is 0.448 e. The third-order valence-electron chi connectivity index (χ3n) is 9.02. The van der Waals surface area contributed by atoms with Crippen molar-refractivity contribution in [2.24, 2.45) is 12.2 Å². The highest BCUT2D eigenvalue weighted by Crippen LogP contribution is 2.43. The average Bonchev–Trinajstić information content (AvgIpc) is 3.89. The number of carbonyl (C=O) groups is 6. The van der Waals surface area contributed by atoms with Crippen LogP contribution in [-0.4, -0.2) is 101 Å². The molecule has 5 aromatic rings. The Kier molecular flexibility index (Phi) is 13.1. The van der Waals surface area contributed by atoms with Gasteiger partial charge in [0.05, 0.1) is 0 Å². The van der Waals surface area contributed by atoms with Crippen LogP contribution in [0.25, 0.3) is 0 Å². The van der Waals surface area contributed by atoms with E-state index in [1.807, 2.05) is 60.7 Å². The Morgan fingerprint density at radius 2 is 1.66 bits per heavy atom. The number of oxime groups is 1. The fourth-order valence-electron chi connectivity index (χ4n) is 6.23. The molecule has 1 fully saturated rings. The minimum absolute atomic E-state index is 0.00854. The fraction of sp³-hybridized carbons (Fsp3) is 0.225. The second-order valence-electron chi connectivity index (χ2n) is 13.3. The number of nitrogens with two attached hydrogens (primary N) is 1. The summed E-state index contributed by atoms with van der Waals surface area (Å²) in [6, 6.07) is 20.7. The summed E-state index contributed by atoms with van der Waals surface area (Å²) >= 11 is 2.59.